The Balaban J connectivity index is 1.99. The summed E-state index contributed by atoms with van der Waals surface area (Å²) < 4.78 is 13.4. The van der Waals surface area contributed by atoms with Gasteiger partial charge >= 0.3 is 11.8 Å². The highest BCUT2D eigenvalue weighted by atomic mass is 19.1. The lowest BCUT2D eigenvalue weighted by Gasteiger charge is -2.05. The number of nitro groups is 1. The Morgan fingerprint density at radius 1 is 1.08 bits per heavy atom. The molecule has 0 aliphatic rings. The average molecular weight is 344 g/mol. The van der Waals surface area contributed by atoms with Gasteiger partial charge in [-0.2, -0.15) is 5.10 Å². The van der Waals surface area contributed by atoms with E-state index in [0.29, 0.717) is 11.3 Å². The third kappa shape index (κ3) is 4.67. The van der Waals surface area contributed by atoms with Crippen molar-refractivity contribution in [2.45, 2.75) is 6.92 Å². The first-order chi connectivity index (χ1) is 11.9. The zero-order valence-electron chi connectivity index (χ0n) is 13.0. The minimum atomic E-state index is -1.08. The van der Waals surface area contributed by atoms with Crippen LogP contribution in [0, 0.1) is 15.9 Å². The zero-order chi connectivity index (χ0) is 18.4. The highest BCUT2D eigenvalue weighted by molar-refractivity contribution is 6.39. The molecule has 0 unspecified atom stereocenters. The third-order valence-corrected chi connectivity index (χ3v) is 3.15. The number of hydrogen-bond acceptors (Lipinski definition) is 5. The van der Waals surface area contributed by atoms with Crippen molar-refractivity contribution in [3.63, 3.8) is 0 Å². The second-order valence-corrected chi connectivity index (χ2v) is 4.88. The smallest absolute Gasteiger partial charge is 0.315 e. The lowest BCUT2D eigenvalue weighted by molar-refractivity contribution is -0.384. The molecular formula is C16H13FN4O4. The van der Waals surface area contributed by atoms with Gasteiger partial charge in [0.2, 0.25) is 0 Å². The minimum Gasteiger partial charge on any atom is -0.315 e. The minimum absolute atomic E-state index is 0.0788. The number of benzene rings is 2. The SMILES string of the molecule is C/C(=N\NC(=O)C(=O)Nc1ccccc1F)c1ccc([N+](=O)[O-])cc1. The predicted octanol–water partition coefficient (Wildman–Crippen LogP) is 2.21. The molecule has 2 aromatic carbocycles. The molecule has 0 saturated carbocycles. The lowest BCUT2D eigenvalue weighted by atomic mass is 10.1. The Morgan fingerprint density at radius 2 is 1.72 bits per heavy atom. The molecule has 0 radical (unpaired) electrons. The summed E-state index contributed by atoms with van der Waals surface area (Å²) in [6.07, 6.45) is 0. The maximum Gasteiger partial charge on any atom is 0.329 e. The van der Waals surface area contributed by atoms with Crippen molar-refractivity contribution in [2.24, 2.45) is 5.10 Å². The Bertz CT molecular complexity index is 849. The molecule has 2 N–H and O–H groups in total. The van der Waals surface area contributed by atoms with Crippen LogP contribution >= 0.6 is 0 Å². The van der Waals surface area contributed by atoms with Crippen molar-refractivity contribution >= 4 is 28.9 Å². The molecule has 2 rings (SSSR count). The van der Waals surface area contributed by atoms with Crippen LogP contribution in [0.3, 0.4) is 0 Å². The first-order valence-electron chi connectivity index (χ1n) is 7.03. The molecule has 0 saturated heterocycles. The molecule has 9 heteroatoms. The van der Waals surface area contributed by atoms with Crippen LogP contribution in [0.4, 0.5) is 15.8 Å². The number of carbonyl (C=O) groups is 2. The summed E-state index contributed by atoms with van der Waals surface area (Å²) in [6.45, 7) is 1.55. The molecule has 0 aliphatic heterocycles. The number of para-hydroxylation sites is 1. The molecule has 8 nitrogen and oxygen atoms in total. The maximum absolute atomic E-state index is 13.4. The molecule has 2 amide bonds. The number of halogens is 1. The van der Waals surface area contributed by atoms with Crippen LogP contribution in [0.5, 0.6) is 0 Å². The molecule has 0 fully saturated rings. The molecule has 0 heterocycles. The number of non-ortho nitro benzene ring substituents is 1. The number of rotatable bonds is 4. The normalized spacial score (nSPS) is 10.9. The fraction of sp³-hybridized carbons (Fsp3) is 0.0625. The van der Waals surface area contributed by atoms with E-state index in [4.69, 9.17) is 0 Å². The van der Waals surface area contributed by atoms with Gasteiger partial charge in [-0.05, 0) is 36.8 Å². The van der Waals surface area contributed by atoms with E-state index >= 15 is 0 Å². The quantitative estimate of drug-likeness (QED) is 0.383. The molecule has 0 bridgehead atoms. The summed E-state index contributed by atoms with van der Waals surface area (Å²) in [7, 11) is 0. The number of carbonyl (C=O) groups excluding carboxylic acids is 2. The van der Waals surface area contributed by atoms with Crippen LogP contribution in [0.25, 0.3) is 0 Å². The maximum atomic E-state index is 13.4. The first kappa shape index (κ1) is 17.7. The number of nitrogens with zero attached hydrogens (tertiary/aromatic N) is 2. The summed E-state index contributed by atoms with van der Waals surface area (Å²) in [5, 5.41) is 16.5. The zero-order valence-corrected chi connectivity index (χ0v) is 13.0. The van der Waals surface area contributed by atoms with E-state index in [1.54, 1.807) is 6.92 Å². The molecule has 25 heavy (non-hydrogen) atoms. The standard InChI is InChI=1S/C16H13FN4O4/c1-10(11-6-8-12(9-7-11)21(24)25)19-20-16(23)15(22)18-14-5-3-2-4-13(14)17/h2-9H,1H3,(H,18,22)(H,20,23)/b19-10+. The van der Waals surface area contributed by atoms with Gasteiger partial charge in [-0.15, -0.1) is 0 Å². The Labute approximate surface area is 141 Å². The van der Waals surface area contributed by atoms with Crippen molar-refractivity contribution < 1.29 is 18.9 Å². The van der Waals surface area contributed by atoms with E-state index < -0.39 is 22.6 Å². The van der Waals surface area contributed by atoms with Crippen molar-refractivity contribution in [3.05, 3.63) is 70.0 Å². The van der Waals surface area contributed by atoms with Crippen LogP contribution in [0.1, 0.15) is 12.5 Å². The van der Waals surface area contributed by atoms with Gasteiger partial charge in [0.05, 0.1) is 16.3 Å². The third-order valence-electron chi connectivity index (χ3n) is 3.15. The van der Waals surface area contributed by atoms with Gasteiger partial charge in [0.15, 0.2) is 0 Å². The molecule has 128 valence electrons. The summed E-state index contributed by atoms with van der Waals surface area (Å²) in [6, 6.07) is 10.9. The van der Waals surface area contributed by atoms with Crippen LogP contribution < -0.4 is 10.7 Å². The number of hydrogen-bond donors (Lipinski definition) is 2. The van der Waals surface area contributed by atoms with Crippen molar-refractivity contribution in [3.8, 4) is 0 Å². The molecular weight excluding hydrogens is 331 g/mol. The van der Waals surface area contributed by atoms with Crippen molar-refractivity contribution in [2.75, 3.05) is 5.32 Å². The lowest BCUT2D eigenvalue weighted by Crippen LogP contribution is -2.33. The van der Waals surface area contributed by atoms with E-state index in [1.165, 1.54) is 42.5 Å². The van der Waals surface area contributed by atoms with Gasteiger partial charge in [-0.25, -0.2) is 9.82 Å². The molecule has 0 atom stereocenters. The van der Waals surface area contributed by atoms with Crippen LogP contribution in [-0.4, -0.2) is 22.4 Å². The van der Waals surface area contributed by atoms with Gasteiger partial charge < -0.3 is 5.32 Å². The van der Waals surface area contributed by atoms with E-state index in [2.05, 4.69) is 10.4 Å². The Kier molecular flexibility index (Phi) is 5.51. The second kappa shape index (κ2) is 7.77. The van der Waals surface area contributed by atoms with E-state index in [-0.39, 0.29) is 11.4 Å². The Hall–Kier alpha value is -3.62. The van der Waals surface area contributed by atoms with Gasteiger partial charge in [0, 0.05) is 12.1 Å². The van der Waals surface area contributed by atoms with Gasteiger partial charge in [-0.1, -0.05) is 12.1 Å². The van der Waals surface area contributed by atoms with Crippen LogP contribution in [0.2, 0.25) is 0 Å². The fourth-order valence-corrected chi connectivity index (χ4v) is 1.82. The van der Waals surface area contributed by atoms with Gasteiger partial charge in [0.1, 0.15) is 5.82 Å². The predicted molar refractivity (Wildman–Crippen MR) is 88.5 cm³/mol. The largest absolute Gasteiger partial charge is 0.329 e. The molecule has 2 aromatic rings. The summed E-state index contributed by atoms with van der Waals surface area (Å²) in [4.78, 5) is 33.5. The molecule has 0 aliphatic carbocycles. The number of amides is 2. The number of hydrazone groups is 1. The van der Waals surface area contributed by atoms with E-state index in [9.17, 15) is 24.1 Å². The van der Waals surface area contributed by atoms with Gasteiger partial charge in [0.25, 0.3) is 5.69 Å². The molecule has 0 spiro atoms. The van der Waals surface area contributed by atoms with Crippen LogP contribution in [0.15, 0.2) is 53.6 Å². The number of nitrogens with one attached hydrogen (secondary N) is 2. The monoisotopic (exact) mass is 344 g/mol. The van der Waals surface area contributed by atoms with E-state index in [0.717, 1.165) is 6.07 Å². The Morgan fingerprint density at radius 3 is 2.32 bits per heavy atom. The van der Waals surface area contributed by atoms with Crippen molar-refractivity contribution in [1.29, 1.82) is 0 Å². The number of anilines is 1. The fourth-order valence-electron chi connectivity index (χ4n) is 1.82. The van der Waals surface area contributed by atoms with Crippen molar-refractivity contribution in [1.82, 2.24) is 5.43 Å². The van der Waals surface area contributed by atoms with E-state index in [1.807, 2.05) is 5.43 Å². The van der Waals surface area contributed by atoms with Gasteiger partial charge in [-0.3, -0.25) is 19.7 Å². The summed E-state index contributed by atoms with van der Waals surface area (Å²) in [5.41, 5.74) is 2.70. The number of nitro benzene ring substituents is 1. The summed E-state index contributed by atoms with van der Waals surface area (Å²) >= 11 is 0. The molecule has 0 aromatic heterocycles. The second-order valence-electron chi connectivity index (χ2n) is 4.88. The average Bonchev–Trinajstić information content (AvgIpc) is 2.61. The van der Waals surface area contributed by atoms with Crippen LogP contribution in [-0.2, 0) is 9.59 Å². The highest BCUT2D eigenvalue weighted by Crippen LogP contribution is 2.13. The summed E-state index contributed by atoms with van der Waals surface area (Å²) in [5.74, 6) is -2.83. The first-order valence-corrected chi connectivity index (χ1v) is 7.03. The highest BCUT2D eigenvalue weighted by Gasteiger charge is 2.15. The topological polar surface area (TPSA) is 114 Å².